The van der Waals surface area contributed by atoms with Crippen molar-refractivity contribution < 1.29 is 24.2 Å². The minimum absolute atomic E-state index is 0.0138. The van der Waals surface area contributed by atoms with Crippen LogP contribution >= 0.6 is 12.6 Å². The lowest BCUT2D eigenvalue weighted by Gasteiger charge is -2.43. The number of hydrogen-bond donors (Lipinski definition) is 4. The number of amides is 3. The van der Waals surface area contributed by atoms with Crippen molar-refractivity contribution >= 4 is 30.5 Å². The average molecular weight is 494 g/mol. The smallest absolute Gasteiger partial charge is 0.408 e. The highest BCUT2D eigenvalue weighted by Gasteiger charge is 2.41. The molecule has 1 aromatic rings. The lowest BCUT2D eigenvalue weighted by Crippen LogP contribution is -2.58. The van der Waals surface area contributed by atoms with E-state index in [1.165, 1.54) is 12.1 Å². The van der Waals surface area contributed by atoms with Crippen molar-refractivity contribution in [1.82, 2.24) is 15.5 Å². The van der Waals surface area contributed by atoms with Crippen molar-refractivity contribution in [2.75, 3.05) is 12.3 Å². The molecule has 9 heteroatoms. The summed E-state index contributed by atoms with van der Waals surface area (Å²) in [7, 11) is 0. The Kier molecular flexibility index (Phi) is 10.5. The fourth-order valence-electron chi connectivity index (χ4n) is 3.81. The quantitative estimate of drug-likeness (QED) is 0.276. The summed E-state index contributed by atoms with van der Waals surface area (Å²) in [6.45, 7) is 7.81. The molecule has 0 aromatic heterocycles. The Bertz CT molecular complexity index is 838. The highest BCUT2D eigenvalue weighted by molar-refractivity contribution is 7.80. The van der Waals surface area contributed by atoms with Crippen molar-refractivity contribution in [2.45, 2.75) is 89.9 Å². The summed E-state index contributed by atoms with van der Waals surface area (Å²) in [5.74, 6) is -0.647. The number of thiol groups is 1. The molecule has 1 fully saturated rings. The summed E-state index contributed by atoms with van der Waals surface area (Å²) in [5.41, 5.74) is -0.201. The minimum Gasteiger partial charge on any atom is -0.508 e. The Balaban J connectivity index is 2.35. The number of benzene rings is 1. The molecule has 34 heavy (non-hydrogen) atoms. The van der Waals surface area contributed by atoms with Gasteiger partial charge in [0.1, 0.15) is 23.4 Å². The van der Waals surface area contributed by atoms with E-state index in [0.29, 0.717) is 12.1 Å². The molecular formula is C25H39N3O5S. The maximum Gasteiger partial charge on any atom is 0.408 e. The van der Waals surface area contributed by atoms with Gasteiger partial charge in [-0.25, -0.2) is 4.79 Å². The number of unbranched alkanes of at least 4 members (excludes halogenated alkanes) is 2. The van der Waals surface area contributed by atoms with Crippen LogP contribution in [0.15, 0.2) is 24.3 Å². The summed E-state index contributed by atoms with van der Waals surface area (Å²) in [6, 6.07) is 4.36. The molecule has 0 saturated heterocycles. The van der Waals surface area contributed by atoms with Crippen LogP contribution in [0, 0.1) is 0 Å². The summed E-state index contributed by atoms with van der Waals surface area (Å²) >= 11 is 4.30. The molecule has 0 spiro atoms. The van der Waals surface area contributed by atoms with E-state index in [1.807, 2.05) is 0 Å². The Labute approximate surface area is 208 Å². The van der Waals surface area contributed by atoms with Crippen LogP contribution in [0.2, 0.25) is 0 Å². The zero-order valence-corrected chi connectivity index (χ0v) is 21.6. The fourth-order valence-corrected chi connectivity index (χ4v) is 4.06. The van der Waals surface area contributed by atoms with Gasteiger partial charge in [0, 0.05) is 18.3 Å². The van der Waals surface area contributed by atoms with Gasteiger partial charge in [-0.05, 0) is 64.2 Å². The van der Waals surface area contributed by atoms with Crippen molar-refractivity contribution in [1.29, 1.82) is 0 Å². The van der Waals surface area contributed by atoms with Crippen LogP contribution in [0.25, 0.3) is 0 Å². The van der Waals surface area contributed by atoms with Crippen LogP contribution in [0.1, 0.15) is 77.8 Å². The van der Waals surface area contributed by atoms with Crippen LogP contribution in [0.5, 0.6) is 5.75 Å². The van der Waals surface area contributed by atoms with Gasteiger partial charge in [-0.2, -0.15) is 12.6 Å². The number of rotatable bonds is 11. The third-order valence-electron chi connectivity index (χ3n) is 5.69. The number of nitrogens with zero attached hydrogens (tertiary/aromatic N) is 1. The number of aromatic hydroxyl groups is 1. The number of phenols is 1. The molecule has 0 heterocycles. The van der Waals surface area contributed by atoms with Crippen LogP contribution in [-0.4, -0.2) is 57.9 Å². The van der Waals surface area contributed by atoms with Gasteiger partial charge in [0.15, 0.2) is 0 Å². The van der Waals surface area contributed by atoms with Crippen molar-refractivity contribution in [2.24, 2.45) is 0 Å². The molecule has 0 bridgehead atoms. The molecule has 8 nitrogen and oxygen atoms in total. The molecule has 2 unspecified atom stereocenters. The second kappa shape index (κ2) is 12.9. The Morgan fingerprint density at radius 3 is 2.47 bits per heavy atom. The third kappa shape index (κ3) is 8.11. The van der Waals surface area contributed by atoms with Gasteiger partial charge < -0.3 is 25.4 Å². The molecule has 2 atom stereocenters. The van der Waals surface area contributed by atoms with Crippen LogP contribution in [0.3, 0.4) is 0 Å². The summed E-state index contributed by atoms with van der Waals surface area (Å²) in [6.07, 6.45) is 4.61. The van der Waals surface area contributed by atoms with E-state index < -0.39 is 29.7 Å². The van der Waals surface area contributed by atoms with E-state index in [2.05, 4.69) is 30.2 Å². The van der Waals surface area contributed by atoms with Gasteiger partial charge in [0.25, 0.3) is 0 Å². The number of nitrogens with one attached hydrogen (secondary N) is 2. The lowest BCUT2D eigenvalue weighted by atomic mass is 9.88. The first-order valence-electron chi connectivity index (χ1n) is 12.1. The Hall–Kier alpha value is -2.42. The van der Waals surface area contributed by atoms with Crippen molar-refractivity contribution in [3.05, 3.63) is 29.8 Å². The number of carbonyl (C=O) groups excluding carboxylic acids is 3. The standard InChI is InChI=1S/C25H39N3O5S/c1-5-6-7-14-26-22(30)21(17-10-8-13-19(29)15-17)28(18-11-9-12-18)23(31)20(16-34)27-24(32)33-25(2,3)4/h8,10,13,15,18,20-21,29,34H,5-7,9,11-12,14,16H2,1-4H3,(H,26,30)(H,27,32). The monoisotopic (exact) mass is 493 g/mol. The van der Waals surface area contributed by atoms with E-state index in [0.717, 1.165) is 38.5 Å². The average Bonchev–Trinajstić information content (AvgIpc) is 2.71. The number of hydrogen-bond acceptors (Lipinski definition) is 6. The highest BCUT2D eigenvalue weighted by atomic mass is 32.1. The van der Waals surface area contributed by atoms with E-state index >= 15 is 0 Å². The van der Waals surface area contributed by atoms with Crippen LogP contribution < -0.4 is 10.6 Å². The van der Waals surface area contributed by atoms with Gasteiger partial charge in [-0.15, -0.1) is 0 Å². The third-order valence-corrected chi connectivity index (χ3v) is 6.05. The first-order chi connectivity index (χ1) is 16.1. The molecule has 190 valence electrons. The molecule has 1 saturated carbocycles. The number of alkyl carbamates (subject to hydrolysis) is 1. The molecule has 0 radical (unpaired) electrons. The SMILES string of the molecule is CCCCCNC(=O)C(c1cccc(O)c1)N(C(=O)C(CS)NC(=O)OC(C)(C)C)C1CCC1. The zero-order chi connectivity index (χ0) is 25.3. The van der Waals surface area contributed by atoms with Gasteiger partial charge in [-0.3, -0.25) is 9.59 Å². The van der Waals surface area contributed by atoms with Gasteiger partial charge in [0.05, 0.1) is 0 Å². The number of phenolic OH excluding ortho intramolecular Hbond substituents is 1. The first-order valence-corrected chi connectivity index (χ1v) is 12.7. The predicted octanol–water partition coefficient (Wildman–Crippen LogP) is 3.94. The van der Waals surface area contributed by atoms with Crippen LogP contribution in [0.4, 0.5) is 4.79 Å². The molecule has 1 aliphatic rings. The zero-order valence-electron chi connectivity index (χ0n) is 20.7. The van der Waals surface area contributed by atoms with Gasteiger partial charge in [0.2, 0.25) is 11.8 Å². The Morgan fingerprint density at radius 1 is 1.24 bits per heavy atom. The minimum atomic E-state index is -0.966. The van der Waals surface area contributed by atoms with Crippen molar-refractivity contribution in [3.63, 3.8) is 0 Å². The first kappa shape index (κ1) is 27.8. The second-order valence-electron chi connectivity index (χ2n) is 9.71. The predicted molar refractivity (Wildman–Crippen MR) is 135 cm³/mol. The summed E-state index contributed by atoms with van der Waals surface area (Å²) in [5, 5.41) is 15.7. The molecule has 2 rings (SSSR count). The summed E-state index contributed by atoms with van der Waals surface area (Å²) < 4.78 is 5.32. The topological polar surface area (TPSA) is 108 Å². The molecule has 3 N–H and O–H groups in total. The molecule has 1 aromatic carbocycles. The molecule has 3 amide bonds. The van der Waals surface area contributed by atoms with E-state index in [1.54, 1.807) is 37.8 Å². The highest BCUT2D eigenvalue weighted by Crippen LogP contribution is 2.34. The van der Waals surface area contributed by atoms with Crippen molar-refractivity contribution in [3.8, 4) is 5.75 Å². The number of carbonyl (C=O) groups is 3. The Morgan fingerprint density at radius 2 is 1.94 bits per heavy atom. The largest absolute Gasteiger partial charge is 0.508 e. The molecule has 0 aliphatic heterocycles. The fraction of sp³-hybridized carbons (Fsp3) is 0.640. The summed E-state index contributed by atoms with van der Waals surface area (Å²) in [4.78, 5) is 41.1. The van der Waals surface area contributed by atoms with E-state index in [9.17, 15) is 19.5 Å². The molecular weight excluding hydrogens is 454 g/mol. The maximum absolute atomic E-state index is 13.8. The maximum atomic E-state index is 13.8. The van der Waals surface area contributed by atoms with E-state index in [4.69, 9.17) is 4.74 Å². The van der Waals surface area contributed by atoms with Crippen LogP contribution in [-0.2, 0) is 14.3 Å². The van der Waals surface area contributed by atoms with E-state index in [-0.39, 0.29) is 23.5 Å². The second-order valence-corrected chi connectivity index (χ2v) is 10.1. The van der Waals surface area contributed by atoms with Gasteiger partial charge in [-0.1, -0.05) is 31.9 Å². The molecule has 1 aliphatic carbocycles. The lowest BCUT2D eigenvalue weighted by molar-refractivity contribution is -0.147. The van der Waals surface area contributed by atoms with Gasteiger partial charge >= 0.3 is 6.09 Å². The normalized spacial score (nSPS) is 15.6. The number of ether oxygens (including phenoxy) is 1.